The zero-order chi connectivity index (χ0) is 9.26. The van der Waals surface area contributed by atoms with Crippen molar-refractivity contribution in [2.45, 2.75) is 0 Å². The summed E-state index contributed by atoms with van der Waals surface area (Å²) in [7, 11) is 1.82. The maximum absolute atomic E-state index is 5.24. The van der Waals surface area contributed by atoms with Gasteiger partial charge in [-0.25, -0.2) is 10.8 Å². The highest BCUT2D eigenvalue weighted by atomic mass is 32.1. The predicted molar refractivity (Wildman–Crippen MR) is 54.8 cm³/mol. The summed E-state index contributed by atoms with van der Waals surface area (Å²) in [4.78, 5) is 9.28. The molecule has 0 aliphatic carbocycles. The highest BCUT2D eigenvalue weighted by Crippen LogP contribution is 2.25. The van der Waals surface area contributed by atoms with Crippen LogP contribution in [-0.2, 0) is 0 Å². The SMILES string of the molecule is CNc1nc(NN)nc2sccc12. The normalized spacial score (nSPS) is 10.3. The number of hydrogen-bond donors (Lipinski definition) is 3. The Labute approximate surface area is 79.0 Å². The lowest BCUT2D eigenvalue weighted by Crippen LogP contribution is -2.11. The van der Waals surface area contributed by atoms with E-state index in [1.54, 1.807) is 11.3 Å². The van der Waals surface area contributed by atoms with Gasteiger partial charge in [-0.2, -0.15) is 4.98 Å². The van der Waals surface area contributed by atoms with Crippen molar-refractivity contribution < 1.29 is 0 Å². The number of nitrogens with one attached hydrogen (secondary N) is 2. The minimum atomic E-state index is 0.430. The van der Waals surface area contributed by atoms with Crippen molar-refractivity contribution in [3.8, 4) is 0 Å². The molecule has 0 aliphatic rings. The largest absolute Gasteiger partial charge is 0.372 e. The van der Waals surface area contributed by atoms with Crippen molar-refractivity contribution in [2.75, 3.05) is 17.8 Å². The third-order valence-corrected chi connectivity index (χ3v) is 2.50. The third kappa shape index (κ3) is 1.30. The number of hydrazine groups is 1. The molecule has 0 saturated carbocycles. The molecule has 68 valence electrons. The van der Waals surface area contributed by atoms with Crippen LogP contribution in [0.4, 0.5) is 11.8 Å². The summed E-state index contributed by atoms with van der Waals surface area (Å²) in [6, 6.07) is 1.98. The molecule has 0 saturated heterocycles. The van der Waals surface area contributed by atoms with Crippen LogP contribution in [-0.4, -0.2) is 17.0 Å². The van der Waals surface area contributed by atoms with Crippen LogP contribution in [0.3, 0.4) is 0 Å². The molecule has 2 aromatic rings. The van der Waals surface area contributed by atoms with E-state index in [1.165, 1.54) is 0 Å². The van der Waals surface area contributed by atoms with Gasteiger partial charge < -0.3 is 5.32 Å². The molecule has 4 N–H and O–H groups in total. The monoisotopic (exact) mass is 195 g/mol. The highest BCUT2D eigenvalue weighted by Gasteiger charge is 2.05. The van der Waals surface area contributed by atoms with E-state index in [2.05, 4.69) is 20.7 Å². The number of nitrogens with two attached hydrogens (primary N) is 1. The third-order valence-electron chi connectivity index (χ3n) is 1.69. The Hall–Kier alpha value is -1.40. The topological polar surface area (TPSA) is 75.9 Å². The summed E-state index contributed by atoms with van der Waals surface area (Å²) in [6.07, 6.45) is 0. The summed E-state index contributed by atoms with van der Waals surface area (Å²) in [5, 5.41) is 5.98. The standard InChI is InChI=1S/C7H9N5S/c1-9-5-4-2-3-13-6(4)11-7(10-5)12-8/h2-3H,8H2,1H3,(H2,9,10,11,12). The first-order chi connectivity index (χ1) is 6.35. The lowest BCUT2D eigenvalue weighted by Gasteiger charge is -2.03. The molecular formula is C7H9N5S. The Morgan fingerprint density at radius 1 is 1.46 bits per heavy atom. The summed E-state index contributed by atoms with van der Waals surface area (Å²) < 4.78 is 0. The Kier molecular flexibility index (Phi) is 1.99. The molecule has 0 unspecified atom stereocenters. The Morgan fingerprint density at radius 3 is 3.00 bits per heavy atom. The number of nitrogen functional groups attached to an aromatic ring is 1. The number of thiophene rings is 1. The summed E-state index contributed by atoms with van der Waals surface area (Å²) in [6.45, 7) is 0. The zero-order valence-corrected chi connectivity index (χ0v) is 7.85. The second kappa shape index (κ2) is 3.15. The van der Waals surface area contributed by atoms with E-state index >= 15 is 0 Å². The van der Waals surface area contributed by atoms with Crippen LogP contribution in [0.25, 0.3) is 10.2 Å². The molecule has 13 heavy (non-hydrogen) atoms. The molecule has 5 nitrogen and oxygen atoms in total. The van der Waals surface area contributed by atoms with Crippen LogP contribution in [0.1, 0.15) is 0 Å². The fraction of sp³-hybridized carbons (Fsp3) is 0.143. The second-order valence-corrected chi connectivity index (χ2v) is 3.32. The molecule has 0 amide bonds. The van der Waals surface area contributed by atoms with Crippen LogP contribution < -0.4 is 16.6 Å². The van der Waals surface area contributed by atoms with Crippen LogP contribution in [0.5, 0.6) is 0 Å². The number of nitrogens with zero attached hydrogens (tertiary/aromatic N) is 2. The molecule has 2 heterocycles. The first kappa shape index (κ1) is 8.21. The molecule has 0 radical (unpaired) electrons. The first-order valence-corrected chi connectivity index (χ1v) is 4.62. The van der Waals surface area contributed by atoms with Gasteiger partial charge in [0, 0.05) is 7.05 Å². The Bertz CT molecular complexity index is 424. The molecule has 0 fully saturated rings. The maximum atomic E-state index is 5.24. The van der Waals surface area contributed by atoms with Crippen LogP contribution in [0.2, 0.25) is 0 Å². The number of hydrogen-bond acceptors (Lipinski definition) is 6. The van der Waals surface area contributed by atoms with Gasteiger partial charge >= 0.3 is 0 Å². The average molecular weight is 195 g/mol. The van der Waals surface area contributed by atoms with Crippen molar-refractivity contribution in [1.29, 1.82) is 0 Å². The van der Waals surface area contributed by atoms with Crippen molar-refractivity contribution in [2.24, 2.45) is 5.84 Å². The minimum absolute atomic E-state index is 0.430. The van der Waals surface area contributed by atoms with Gasteiger partial charge in [0.05, 0.1) is 5.39 Å². The second-order valence-electron chi connectivity index (χ2n) is 2.43. The number of aromatic nitrogens is 2. The van der Waals surface area contributed by atoms with Crippen molar-refractivity contribution >= 4 is 33.3 Å². The predicted octanol–water partition coefficient (Wildman–Crippen LogP) is 1.02. The highest BCUT2D eigenvalue weighted by molar-refractivity contribution is 7.16. The summed E-state index contributed by atoms with van der Waals surface area (Å²) >= 11 is 1.56. The molecule has 0 aliphatic heterocycles. The molecule has 2 rings (SSSR count). The Morgan fingerprint density at radius 2 is 2.31 bits per heavy atom. The fourth-order valence-electron chi connectivity index (χ4n) is 1.11. The fourth-order valence-corrected chi connectivity index (χ4v) is 1.87. The molecular weight excluding hydrogens is 186 g/mol. The molecule has 0 spiro atoms. The molecule has 0 atom stereocenters. The van der Waals surface area contributed by atoms with E-state index in [1.807, 2.05) is 18.5 Å². The van der Waals surface area contributed by atoms with E-state index in [0.717, 1.165) is 16.0 Å². The van der Waals surface area contributed by atoms with Crippen molar-refractivity contribution in [3.63, 3.8) is 0 Å². The number of rotatable bonds is 2. The average Bonchev–Trinajstić information content (AvgIpc) is 2.63. The maximum Gasteiger partial charge on any atom is 0.240 e. The molecule has 2 aromatic heterocycles. The van der Waals surface area contributed by atoms with Crippen LogP contribution in [0, 0.1) is 0 Å². The van der Waals surface area contributed by atoms with E-state index in [9.17, 15) is 0 Å². The zero-order valence-electron chi connectivity index (χ0n) is 7.03. The van der Waals surface area contributed by atoms with E-state index in [4.69, 9.17) is 5.84 Å². The van der Waals surface area contributed by atoms with E-state index in [0.29, 0.717) is 5.95 Å². The molecule has 6 heteroatoms. The van der Waals surface area contributed by atoms with Crippen molar-refractivity contribution in [1.82, 2.24) is 9.97 Å². The van der Waals surface area contributed by atoms with Gasteiger partial charge in [-0.3, -0.25) is 5.43 Å². The van der Waals surface area contributed by atoms with Crippen molar-refractivity contribution in [3.05, 3.63) is 11.4 Å². The minimum Gasteiger partial charge on any atom is -0.372 e. The Balaban J connectivity index is 2.70. The van der Waals surface area contributed by atoms with Gasteiger partial charge in [-0.05, 0) is 11.4 Å². The lowest BCUT2D eigenvalue weighted by atomic mass is 10.4. The van der Waals surface area contributed by atoms with Gasteiger partial charge in [0.15, 0.2) is 0 Å². The summed E-state index contributed by atoms with van der Waals surface area (Å²) in [5.74, 6) is 6.46. The van der Waals surface area contributed by atoms with Gasteiger partial charge in [0.1, 0.15) is 10.6 Å². The van der Waals surface area contributed by atoms with Gasteiger partial charge in [-0.1, -0.05) is 0 Å². The molecule has 0 aromatic carbocycles. The lowest BCUT2D eigenvalue weighted by molar-refractivity contribution is 1.15. The summed E-state index contributed by atoms with van der Waals surface area (Å²) in [5.41, 5.74) is 2.43. The van der Waals surface area contributed by atoms with Gasteiger partial charge in [0.2, 0.25) is 5.95 Å². The van der Waals surface area contributed by atoms with E-state index < -0.39 is 0 Å². The van der Waals surface area contributed by atoms with Crippen LogP contribution in [0.15, 0.2) is 11.4 Å². The number of anilines is 2. The smallest absolute Gasteiger partial charge is 0.240 e. The van der Waals surface area contributed by atoms with Crippen LogP contribution >= 0.6 is 11.3 Å². The number of fused-ring (bicyclic) bond motifs is 1. The first-order valence-electron chi connectivity index (χ1n) is 3.74. The van der Waals surface area contributed by atoms with E-state index in [-0.39, 0.29) is 0 Å². The molecule has 0 bridgehead atoms. The quantitative estimate of drug-likeness (QED) is 0.492. The van der Waals surface area contributed by atoms with Gasteiger partial charge in [-0.15, -0.1) is 11.3 Å². The van der Waals surface area contributed by atoms with Gasteiger partial charge in [0.25, 0.3) is 0 Å².